The molecule has 3 aromatic rings. The van der Waals surface area contributed by atoms with Gasteiger partial charge in [-0.2, -0.15) is 5.10 Å². The van der Waals surface area contributed by atoms with E-state index in [1.54, 1.807) is 16.8 Å². The summed E-state index contributed by atoms with van der Waals surface area (Å²) in [7, 11) is 1.88. The van der Waals surface area contributed by atoms with Gasteiger partial charge >= 0.3 is 0 Å². The maximum Gasteiger partial charge on any atom is 0.260 e. The fraction of sp³-hybridized carbons (Fsp3) is 0.261. The number of benzene rings is 2. The van der Waals surface area contributed by atoms with Gasteiger partial charge in [0.05, 0.1) is 17.8 Å². The molecule has 0 aliphatic rings. The number of nitrogens with one attached hydrogen (secondary N) is 2. The molecule has 0 saturated heterocycles. The molecule has 1 aromatic heterocycles. The molecule has 6 nitrogen and oxygen atoms in total. The maximum atomic E-state index is 14.1. The van der Waals surface area contributed by atoms with E-state index in [1.807, 2.05) is 52.9 Å². The van der Waals surface area contributed by atoms with E-state index in [4.69, 9.17) is 0 Å². The molecule has 2 aromatic carbocycles. The van der Waals surface area contributed by atoms with Gasteiger partial charge in [-0.15, -0.1) is 0 Å². The summed E-state index contributed by atoms with van der Waals surface area (Å²) in [4.78, 5) is 17.2. The molecule has 1 heterocycles. The minimum atomic E-state index is -0.584. The van der Waals surface area contributed by atoms with Crippen LogP contribution in [-0.4, -0.2) is 21.6 Å². The van der Waals surface area contributed by atoms with Crippen molar-refractivity contribution in [3.8, 4) is 0 Å². The molecule has 2 N–H and O–H groups in total. The van der Waals surface area contributed by atoms with Crippen LogP contribution in [0, 0.1) is 33.5 Å². The van der Waals surface area contributed by atoms with Crippen molar-refractivity contribution in [3.05, 3.63) is 81.9 Å². The highest BCUT2D eigenvalue weighted by Crippen LogP contribution is 2.17. The van der Waals surface area contributed by atoms with E-state index in [9.17, 15) is 9.18 Å². The second-order valence-corrected chi connectivity index (χ2v) is 7.32. The number of aromatic nitrogens is 2. The highest BCUT2D eigenvalue weighted by molar-refractivity contribution is 6.10. The third kappa shape index (κ3) is 4.74. The monoisotopic (exact) mass is 407 g/mol. The lowest BCUT2D eigenvalue weighted by Crippen LogP contribution is -2.36. The van der Waals surface area contributed by atoms with Gasteiger partial charge in [0.2, 0.25) is 5.96 Å². The van der Waals surface area contributed by atoms with E-state index in [2.05, 4.69) is 20.7 Å². The van der Waals surface area contributed by atoms with Crippen LogP contribution in [0.15, 0.2) is 47.5 Å². The number of nitrogens with zero attached hydrogens (tertiary/aromatic N) is 3. The largest absolute Gasteiger partial charge is 0.326 e. The second-order valence-electron chi connectivity index (χ2n) is 7.32. The minimum Gasteiger partial charge on any atom is -0.326 e. The van der Waals surface area contributed by atoms with Gasteiger partial charge in [-0.25, -0.2) is 9.38 Å². The van der Waals surface area contributed by atoms with E-state index in [1.165, 1.54) is 12.1 Å². The van der Waals surface area contributed by atoms with Crippen LogP contribution < -0.4 is 10.6 Å². The summed E-state index contributed by atoms with van der Waals surface area (Å²) in [6.07, 6.45) is 0. The van der Waals surface area contributed by atoms with E-state index >= 15 is 0 Å². The number of aryl methyl sites for hydroxylation is 4. The molecule has 0 bridgehead atoms. The first-order valence-electron chi connectivity index (χ1n) is 9.70. The number of aliphatic imine (C=N–C) groups is 1. The SMILES string of the molecule is Cc1ccc(NC(=NCc2c(C)nn(C)c2C)NC(=O)c2ccccc2F)c(C)c1. The number of carbonyl (C=O) groups excluding carboxylic acids is 1. The zero-order valence-electron chi connectivity index (χ0n) is 17.9. The van der Waals surface area contributed by atoms with Crippen LogP contribution in [-0.2, 0) is 13.6 Å². The summed E-state index contributed by atoms with van der Waals surface area (Å²) in [5.41, 5.74) is 5.78. The van der Waals surface area contributed by atoms with Crippen LogP contribution in [0.2, 0.25) is 0 Å². The quantitative estimate of drug-likeness (QED) is 0.503. The van der Waals surface area contributed by atoms with Crippen molar-refractivity contribution < 1.29 is 9.18 Å². The van der Waals surface area contributed by atoms with Crippen molar-refractivity contribution in [1.29, 1.82) is 0 Å². The minimum absolute atomic E-state index is 0.0404. The molecule has 0 spiro atoms. The van der Waals surface area contributed by atoms with Crippen LogP contribution in [0.1, 0.15) is 38.4 Å². The fourth-order valence-corrected chi connectivity index (χ4v) is 3.22. The highest BCUT2D eigenvalue weighted by atomic mass is 19.1. The van der Waals surface area contributed by atoms with Gasteiger partial charge in [0.15, 0.2) is 0 Å². The van der Waals surface area contributed by atoms with E-state index in [-0.39, 0.29) is 11.5 Å². The normalized spacial score (nSPS) is 11.5. The number of hydrogen-bond acceptors (Lipinski definition) is 3. The summed E-state index contributed by atoms with van der Waals surface area (Å²) >= 11 is 0. The molecular weight excluding hydrogens is 381 g/mol. The van der Waals surface area contributed by atoms with Crippen molar-refractivity contribution in [2.45, 2.75) is 34.2 Å². The lowest BCUT2D eigenvalue weighted by molar-refractivity contribution is 0.0973. The summed E-state index contributed by atoms with van der Waals surface area (Å²) in [6.45, 7) is 8.21. The number of rotatable bonds is 4. The summed E-state index contributed by atoms with van der Waals surface area (Å²) in [6, 6.07) is 11.8. The van der Waals surface area contributed by atoms with Crippen molar-refractivity contribution in [2.24, 2.45) is 12.0 Å². The topological polar surface area (TPSA) is 71.3 Å². The molecule has 0 atom stereocenters. The standard InChI is InChI=1S/C23H26FN5O/c1-14-10-11-21(15(2)12-14)26-23(25-13-19-16(3)28-29(5)17(19)4)27-22(30)18-8-6-7-9-20(18)24/h6-12H,13H2,1-5H3,(H2,25,26,27,30). The van der Waals surface area contributed by atoms with Gasteiger partial charge in [0.25, 0.3) is 5.91 Å². The first-order valence-corrected chi connectivity index (χ1v) is 9.70. The number of amides is 1. The Morgan fingerprint density at radius 3 is 2.50 bits per heavy atom. The van der Waals surface area contributed by atoms with Gasteiger partial charge in [-0.3, -0.25) is 14.8 Å². The number of halogens is 1. The van der Waals surface area contributed by atoms with Gasteiger partial charge in [-0.05, 0) is 51.5 Å². The van der Waals surface area contributed by atoms with Gasteiger partial charge in [0.1, 0.15) is 5.82 Å². The van der Waals surface area contributed by atoms with Crippen molar-refractivity contribution in [3.63, 3.8) is 0 Å². The Morgan fingerprint density at radius 2 is 1.87 bits per heavy atom. The fourth-order valence-electron chi connectivity index (χ4n) is 3.22. The van der Waals surface area contributed by atoms with Gasteiger partial charge in [0, 0.05) is 24.0 Å². The van der Waals surface area contributed by atoms with Crippen molar-refractivity contribution >= 4 is 17.6 Å². The summed E-state index contributed by atoms with van der Waals surface area (Å²) in [5, 5.41) is 10.3. The van der Waals surface area contributed by atoms with Crippen LogP contribution in [0.4, 0.5) is 10.1 Å². The molecule has 1 amide bonds. The Kier molecular flexibility index (Phi) is 6.30. The molecule has 0 aliphatic carbocycles. The molecule has 0 radical (unpaired) electrons. The predicted octanol–water partition coefficient (Wildman–Crippen LogP) is 4.19. The Balaban J connectivity index is 1.91. The molecular formula is C23H26FN5O. The Labute approximate surface area is 175 Å². The van der Waals surface area contributed by atoms with Gasteiger partial charge < -0.3 is 5.32 Å². The lowest BCUT2D eigenvalue weighted by Gasteiger charge is -2.14. The first kappa shape index (κ1) is 21.2. The lowest BCUT2D eigenvalue weighted by atomic mass is 10.1. The summed E-state index contributed by atoms with van der Waals surface area (Å²) in [5.74, 6) is -0.901. The molecule has 0 unspecified atom stereocenters. The Bertz CT molecular complexity index is 1120. The van der Waals surface area contributed by atoms with E-state index in [0.717, 1.165) is 33.8 Å². The van der Waals surface area contributed by atoms with Crippen molar-refractivity contribution in [1.82, 2.24) is 15.1 Å². The van der Waals surface area contributed by atoms with Crippen LogP contribution in [0.25, 0.3) is 0 Å². The molecule has 7 heteroatoms. The Hall–Kier alpha value is -3.48. The van der Waals surface area contributed by atoms with Crippen LogP contribution in [0.3, 0.4) is 0 Å². The average Bonchev–Trinajstić information content (AvgIpc) is 2.93. The number of anilines is 1. The van der Waals surface area contributed by atoms with E-state index in [0.29, 0.717) is 6.54 Å². The summed E-state index contributed by atoms with van der Waals surface area (Å²) < 4.78 is 15.9. The maximum absolute atomic E-state index is 14.1. The van der Waals surface area contributed by atoms with Gasteiger partial charge in [-0.1, -0.05) is 29.8 Å². The van der Waals surface area contributed by atoms with Crippen LogP contribution in [0.5, 0.6) is 0 Å². The third-order valence-electron chi connectivity index (χ3n) is 5.04. The number of guanidine groups is 1. The molecule has 0 fully saturated rings. The first-order chi connectivity index (χ1) is 14.3. The van der Waals surface area contributed by atoms with Crippen LogP contribution >= 0.6 is 0 Å². The third-order valence-corrected chi connectivity index (χ3v) is 5.04. The number of hydrogen-bond donors (Lipinski definition) is 2. The van der Waals surface area contributed by atoms with E-state index < -0.39 is 11.7 Å². The predicted molar refractivity (Wildman–Crippen MR) is 117 cm³/mol. The average molecular weight is 407 g/mol. The molecule has 0 saturated carbocycles. The highest BCUT2D eigenvalue weighted by Gasteiger charge is 2.15. The zero-order chi connectivity index (χ0) is 21.8. The Morgan fingerprint density at radius 1 is 1.13 bits per heavy atom. The molecule has 30 heavy (non-hydrogen) atoms. The second kappa shape index (κ2) is 8.90. The van der Waals surface area contributed by atoms with Crippen molar-refractivity contribution in [2.75, 3.05) is 5.32 Å². The molecule has 156 valence electrons. The zero-order valence-corrected chi connectivity index (χ0v) is 17.9. The molecule has 0 aliphatic heterocycles. The number of carbonyl (C=O) groups is 1. The molecule has 3 rings (SSSR count). The smallest absolute Gasteiger partial charge is 0.260 e.